The van der Waals surface area contributed by atoms with E-state index in [9.17, 15) is 0 Å². The number of benzene rings is 1. The molecule has 0 amide bonds. The summed E-state index contributed by atoms with van der Waals surface area (Å²) in [7, 11) is 0. The van der Waals surface area contributed by atoms with Gasteiger partial charge in [-0.3, -0.25) is 5.10 Å². The molecule has 3 rings (SSSR count). The van der Waals surface area contributed by atoms with Crippen LogP contribution in [0, 0.1) is 6.92 Å². The van der Waals surface area contributed by atoms with Crippen molar-refractivity contribution in [1.29, 1.82) is 0 Å². The Bertz CT molecular complexity index is 573. The fourth-order valence-electron chi connectivity index (χ4n) is 2.43. The van der Waals surface area contributed by atoms with E-state index in [-0.39, 0.29) is 0 Å². The minimum absolute atomic E-state index is 0.467. The SMILES string of the molecule is Cc1c(NC2CCNC2)n[nH]c1-c1cccc(Cl)c1. The molecule has 1 fully saturated rings. The van der Waals surface area contributed by atoms with Gasteiger partial charge in [-0.1, -0.05) is 23.7 Å². The van der Waals surface area contributed by atoms with Crippen molar-refractivity contribution in [3.63, 3.8) is 0 Å². The van der Waals surface area contributed by atoms with Gasteiger partial charge >= 0.3 is 0 Å². The van der Waals surface area contributed by atoms with Gasteiger partial charge in [-0.05, 0) is 32.0 Å². The van der Waals surface area contributed by atoms with Crippen LogP contribution in [0.4, 0.5) is 5.82 Å². The largest absolute Gasteiger partial charge is 0.364 e. The third-order valence-corrected chi connectivity index (χ3v) is 3.76. The van der Waals surface area contributed by atoms with Crippen LogP contribution >= 0.6 is 11.6 Å². The first kappa shape index (κ1) is 12.5. The molecule has 1 saturated heterocycles. The first-order valence-corrected chi connectivity index (χ1v) is 6.90. The van der Waals surface area contributed by atoms with Crippen LogP contribution in [-0.4, -0.2) is 29.3 Å². The van der Waals surface area contributed by atoms with E-state index < -0.39 is 0 Å². The van der Waals surface area contributed by atoms with Gasteiger partial charge in [0.1, 0.15) is 0 Å². The van der Waals surface area contributed by atoms with Crippen LogP contribution in [0.5, 0.6) is 0 Å². The number of halogens is 1. The summed E-state index contributed by atoms with van der Waals surface area (Å²) in [5.74, 6) is 0.934. The molecule has 1 unspecified atom stereocenters. The summed E-state index contributed by atoms with van der Waals surface area (Å²) < 4.78 is 0. The van der Waals surface area contributed by atoms with Crippen LogP contribution in [-0.2, 0) is 0 Å². The number of aromatic amines is 1. The predicted molar refractivity (Wildman–Crippen MR) is 78.7 cm³/mol. The Hall–Kier alpha value is -1.52. The summed E-state index contributed by atoms with van der Waals surface area (Å²) in [5.41, 5.74) is 3.22. The Balaban J connectivity index is 1.85. The van der Waals surface area contributed by atoms with Gasteiger partial charge in [0.05, 0.1) is 5.69 Å². The molecule has 0 bridgehead atoms. The molecule has 2 aromatic rings. The number of aromatic nitrogens is 2. The van der Waals surface area contributed by atoms with E-state index in [1.807, 2.05) is 24.3 Å². The minimum Gasteiger partial charge on any atom is -0.364 e. The molecule has 100 valence electrons. The highest BCUT2D eigenvalue weighted by Crippen LogP contribution is 2.28. The molecule has 1 aromatic heterocycles. The lowest BCUT2D eigenvalue weighted by molar-refractivity contribution is 0.785. The molecule has 5 heteroatoms. The molecule has 19 heavy (non-hydrogen) atoms. The van der Waals surface area contributed by atoms with Crippen molar-refractivity contribution in [2.75, 3.05) is 18.4 Å². The fourth-order valence-corrected chi connectivity index (χ4v) is 2.62. The Morgan fingerprint density at radius 3 is 3.05 bits per heavy atom. The van der Waals surface area contributed by atoms with Gasteiger partial charge in [0, 0.05) is 28.7 Å². The third-order valence-electron chi connectivity index (χ3n) is 3.52. The van der Waals surface area contributed by atoms with E-state index in [4.69, 9.17) is 11.6 Å². The number of anilines is 1. The van der Waals surface area contributed by atoms with Crippen molar-refractivity contribution in [3.8, 4) is 11.3 Å². The van der Waals surface area contributed by atoms with E-state index in [0.29, 0.717) is 6.04 Å². The summed E-state index contributed by atoms with van der Waals surface area (Å²) in [6.07, 6.45) is 1.14. The quantitative estimate of drug-likeness (QED) is 0.808. The molecule has 1 aliphatic rings. The maximum absolute atomic E-state index is 6.03. The zero-order valence-corrected chi connectivity index (χ0v) is 11.6. The van der Waals surface area contributed by atoms with Gasteiger partial charge < -0.3 is 10.6 Å². The van der Waals surface area contributed by atoms with Crippen molar-refractivity contribution in [3.05, 3.63) is 34.9 Å². The lowest BCUT2D eigenvalue weighted by Crippen LogP contribution is -2.22. The molecular weight excluding hydrogens is 260 g/mol. The number of nitrogens with zero attached hydrogens (tertiary/aromatic N) is 1. The lowest BCUT2D eigenvalue weighted by atomic mass is 10.1. The van der Waals surface area contributed by atoms with Gasteiger partial charge in [-0.25, -0.2) is 0 Å². The van der Waals surface area contributed by atoms with Crippen molar-refractivity contribution >= 4 is 17.4 Å². The van der Waals surface area contributed by atoms with E-state index in [1.54, 1.807) is 0 Å². The first-order valence-electron chi connectivity index (χ1n) is 6.52. The summed E-state index contributed by atoms with van der Waals surface area (Å²) in [6, 6.07) is 8.27. The Labute approximate surface area is 117 Å². The van der Waals surface area contributed by atoms with Crippen LogP contribution < -0.4 is 10.6 Å². The van der Waals surface area contributed by atoms with Gasteiger partial charge in [-0.2, -0.15) is 5.10 Å². The fraction of sp³-hybridized carbons (Fsp3) is 0.357. The number of nitrogens with one attached hydrogen (secondary N) is 3. The highest BCUT2D eigenvalue weighted by molar-refractivity contribution is 6.30. The third kappa shape index (κ3) is 2.60. The first-order chi connectivity index (χ1) is 9.24. The van der Waals surface area contributed by atoms with E-state index in [1.165, 1.54) is 0 Å². The van der Waals surface area contributed by atoms with Crippen LogP contribution in [0.3, 0.4) is 0 Å². The maximum atomic E-state index is 6.03. The molecule has 0 radical (unpaired) electrons. The summed E-state index contributed by atoms with van der Waals surface area (Å²) in [4.78, 5) is 0. The molecular formula is C14H17ClN4. The monoisotopic (exact) mass is 276 g/mol. The van der Waals surface area contributed by atoms with Crippen molar-refractivity contribution < 1.29 is 0 Å². The second-order valence-electron chi connectivity index (χ2n) is 4.92. The molecule has 0 aliphatic carbocycles. The van der Waals surface area contributed by atoms with Crippen LogP contribution in [0.25, 0.3) is 11.3 Å². The molecule has 4 nitrogen and oxygen atoms in total. The molecule has 1 aromatic carbocycles. The molecule has 1 aliphatic heterocycles. The predicted octanol–water partition coefficient (Wildman–Crippen LogP) is 2.81. The average Bonchev–Trinajstić information content (AvgIpc) is 3.01. The molecule has 1 atom stereocenters. The Kier molecular flexibility index (Phi) is 3.44. The molecule has 0 saturated carbocycles. The number of hydrogen-bond donors (Lipinski definition) is 3. The van der Waals surface area contributed by atoms with E-state index >= 15 is 0 Å². The zero-order valence-electron chi connectivity index (χ0n) is 10.8. The van der Waals surface area contributed by atoms with E-state index in [2.05, 4.69) is 27.8 Å². The second-order valence-corrected chi connectivity index (χ2v) is 5.35. The van der Waals surface area contributed by atoms with Crippen molar-refractivity contribution in [1.82, 2.24) is 15.5 Å². The van der Waals surface area contributed by atoms with E-state index in [0.717, 1.165) is 47.2 Å². The zero-order chi connectivity index (χ0) is 13.2. The van der Waals surface area contributed by atoms with Crippen LogP contribution in [0.2, 0.25) is 5.02 Å². The normalized spacial score (nSPS) is 18.7. The van der Waals surface area contributed by atoms with Gasteiger partial charge in [0.15, 0.2) is 5.82 Å². The molecule has 0 spiro atoms. The van der Waals surface area contributed by atoms with Gasteiger partial charge in [-0.15, -0.1) is 0 Å². The Morgan fingerprint density at radius 1 is 1.42 bits per heavy atom. The topological polar surface area (TPSA) is 52.7 Å². The summed E-state index contributed by atoms with van der Waals surface area (Å²) >= 11 is 6.03. The Morgan fingerprint density at radius 2 is 2.32 bits per heavy atom. The smallest absolute Gasteiger partial charge is 0.151 e. The standard InChI is InChI=1S/C14H17ClN4/c1-9-13(10-3-2-4-11(15)7-10)18-19-14(9)17-12-5-6-16-8-12/h2-4,7,12,16H,5-6,8H2,1H3,(H2,17,18,19). The summed E-state index contributed by atoms with van der Waals surface area (Å²) in [5, 5.41) is 15.0. The van der Waals surface area contributed by atoms with Crippen LogP contribution in [0.1, 0.15) is 12.0 Å². The van der Waals surface area contributed by atoms with Crippen LogP contribution in [0.15, 0.2) is 24.3 Å². The summed E-state index contributed by atoms with van der Waals surface area (Å²) in [6.45, 7) is 4.14. The van der Waals surface area contributed by atoms with Crippen molar-refractivity contribution in [2.45, 2.75) is 19.4 Å². The number of H-pyrrole nitrogens is 1. The highest BCUT2D eigenvalue weighted by atomic mass is 35.5. The molecule has 3 N–H and O–H groups in total. The maximum Gasteiger partial charge on any atom is 0.151 e. The van der Waals surface area contributed by atoms with Crippen molar-refractivity contribution in [2.24, 2.45) is 0 Å². The lowest BCUT2D eigenvalue weighted by Gasteiger charge is -2.10. The second kappa shape index (κ2) is 5.23. The minimum atomic E-state index is 0.467. The van der Waals surface area contributed by atoms with Gasteiger partial charge in [0.2, 0.25) is 0 Å². The molecule has 2 heterocycles. The van der Waals surface area contributed by atoms with Gasteiger partial charge in [0.25, 0.3) is 0 Å². The highest BCUT2D eigenvalue weighted by Gasteiger charge is 2.17. The average molecular weight is 277 g/mol. The number of hydrogen-bond acceptors (Lipinski definition) is 3. The number of rotatable bonds is 3.